The Morgan fingerprint density at radius 2 is 2.00 bits per heavy atom. The zero-order valence-corrected chi connectivity index (χ0v) is 11.4. The van der Waals surface area contributed by atoms with Crippen molar-refractivity contribution >= 4 is 17.7 Å². The maximum absolute atomic E-state index is 11.9. The molecule has 0 bridgehead atoms. The van der Waals surface area contributed by atoms with E-state index in [9.17, 15) is 4.79 Å². The standard InChI is InChI=1S/C13H24N2OS/c1-2-10-17-11-7-14-12-13(16)15-8-5-3-4-6-9-15/h2,14H,1,3-12H2. The fourth-order valence-electron chi connectivity index (χ4n) is 1.94. The van der Waals surface area contributed by atoms with Gasteiger partial charge < -0.3 is 10.2 Å². The number of carbonyl (C=O) groups excluding carboxylic acids is 1. The van der Waals surface area contributed by atoms with Crippen LogP contribution in [0.1, 0.15) is 25.7 Å². The first-order valence-electron chi connectivity index (χ1n) is 6.51. The Bertz CT molecular complexity index is 225. The van der Waals surface area contributed by atoms with Crippen LogP contribution >= 0.6 is 11.8 Å². The summed E-state index contributed by atoms with van der Waals surface area (Å²) >= 11 is 1.84. The number of thioether (sulfide) groups is 1. The van der Waals surface area contributed by atoms with Gasteiger partial charge in [0.15, 0.2) is 0 Å². The maximum Gasteiger partial charge on any atom is 0.236 e. The van der Waals surface area contributed by atoms with Crippen LogP contribution in [-0.2, 0) is 4.79 Å². The van der Waals surface area contributed by atoms with Gasteiger partial charge in [-0.3, -0.25) is 4.79 Å². The monoisotopic (exact) mass is 256 g/mol. The number of hydrogen-bond donors (Lipinski definition) is 1. The van der Waals surface area contributed by atoms with E-state index >= 15 is 0 Å². The molecule has 0 radical (unpaired) electrons. The van der Waals surface area contributed by atoms with Gasteiger partial charge in [-0.05, 0) is 12.8 Å². The molecular weight excluding hydrogens is 232 g/mol. The van der Waals surface area contributed by atoms with Crippen LogP contribution in [0.5, 0.6) is 0 Å². The number of rotatable bonds is 7. The van der Waals surface area contributed by atoms with Crippen molar-refractivity contribution in [2.45, 2.75) is 25.7 Å². The van der Waals surface area contributed by atoms with Crippen LogP contribution in [0.25, 0.3) is 0 Å². The molecule has 0 saturated carbocycles. The van der Waals surface area contributed by atoms with Gasteiger partial charge in [-0.15, -0.1) is 6.58 Å². The van der Waals surface area contributed by atoms with E-state index in [1.165, 1.54) is 25.7 Å². The summed E-state index contributed by atoms with van der Waals surface area (Å²) < 4.78 is 0. The topological polar surface area (TPSA) is 32.3 Å². The molecule has 0 unspecified atom stereocenters. The van der Waals surface area contributed by atoms with Crippen molar-refractivity contribution < 1.29 is 4.79 Å². The average Bonchev–Trinajstić information content (AvgIpc) is 2.62. The van der Waals surface area contributed by atoms with Gasteiger partial charge in [0.1, 0.15) is 0 Å². The van der Waals surface area contributed by atoms with Crippen molar-refractivity contribution in [2.24, 2.45) is 0 Å². The summed E-state index contributed by atoms with van der Waals surface area (Å²) in [6.07, 6.45) is 6.79. The first-order valence-corrected chi connectivity index (χ1v) is 7.67. The highest BCUT2D eigenvalue weighted by Gasteiger charge is 2.14. The first-order chi connectivity index (χ1) is 8.34. The van der Waals surface area contributed by atoms with Crippen molar-refractivity contribution in [3.8, 4) is 0 Å². The Kier molecular flexibility index (Phi) is 8.18. The van der Waals surface area contributed by atoms with E-state index in [0.29, 0.717) is 6.54 Å². The lowest BCUT2D eigenvalue weighted by molar-refractivity contribution is -0.130. The summed E-state index contributed by atoms with van der Waals surface area (Å²) in [4.78, 5) is 13.9. The molecule has 1 amide bonds. The Morgan fingerprint density at radius 3 is 2.65 bits per heavy atom. The Hall–Kier alpha value is -0.480. The van der Waals surface area contributed by atoms with Crippen LogP contribution in [0.4, 0.5) is 0 Å². The third-order valence-electron chi connectivity index (χ3n) is 2.89. The predicted molar refractivity (Wildman–Crippen MR) is 75.4 cm³/mol. The van der Waals surface area contributed by atoms with E-state index in [1.807, 2.05) is 22.7 Å². The van der Waals surface area contributed by atoms with Crippen LogP contribution in [0.3, 0.4) is 0 Å². The molecule has 3 nitrogen and oxygen atoms in total. The Labute approximate surface area is 109 Å². The molecule has 1 aliphatic rings. The van der Waals surface area contributed by atoms with E-state index in [4.69, 9.17) is 0 Å². The summed E-state index contributed by atoms with van der Waals surface area (Å²) in [7, 11) is 0. The van der Waals surface area contributed by atoms with Gasteiger partial charge in [0.25, 0.3) is 0 Å². The zero-order valence-electron chi connectivity index (χ0n) is 10.6. The molecule has 17 heavy (non-hydrogen) atoms. The molecule has 0 atom stereocenters. The number of hydrogen-bond acceptors (Lipinski definition) is 3. The van der Waals surface area contributed by atoms with Crippen LogP contribution in [0.15, 0.2) is 12.7 Å². The van der Waals surface area contributed by atoms with Gasteiger partial charge in [0.05, 0.1) is 6.54 Å². The van der Waals surface area contributed by atoms with Gasteiger partial charge in [0.2, 0.25) is 5.91 Å². The minimum absolute atomic E-state index is 0.264. The normalized spacial score (nSPS) is 16.6. The molecule has 0 spiro atoms. The quantitative estimate of drug-likeness (QED) is 0.558. The summed E-state index contributed by atoms with van der Waals surface area (Å²) in [5.41, 5.74) is 0. The molecule has 4 heteroatoms. The highest BCUT2D eigenvalue weighted by Crippen LogP contribution is 2.09. The fourth-order valence-corrected chi connectivity index (χ4v) is 2.56. The third kappa shape index (κ3) is 6.74. The molecule has 1 heterocycles. The molecule has 1 rings (SSSR count). The van der Waals surface area contributed by atoms with Crippen LogP contribution in [0, 0.1) is 0 Å². The Balaban J connectivity index is 2.05. The van der Waals surface area contributed by atoms with E-state index in [2.05, 4.69) is 11.9 Å². The van der Waals surface area contributed by atoms with Crippen molar-refractivity contribution in [3.05, 3.63) is 12.7 Å². The van der Waals surface area contributed by atoms with Gasteiger partial charge in [-0.25, -0.2) is 0 Å². The number of carbonyl (C=O) groups is 1. The van der Waals surface area contributed by atoms with Gasteiger partial charge in [-0.1, -0.05) is 18.9 Å². The molecule has 0 aromatic carbocycles. The minimum Gasteiger partial charge on any atom is -0.342 e. The van der Waals surface area contributed by atoms with Crippen LogP contribution in [0.2, 0.25) is 0 Å². The van der Waals surface area contributed by atoms with E-state index in [0.717, 1.165) is 31.1 Å². The predicted octanol–water partition coefficient (Wildman–Crippen LogP) is 1.90. The molecule has 1 fully saturated rings. The van der Waals surface area contributed by atoms with E-state index < -0.39 is 0 Å². The van der Waals surface area contributed by atoms with Crippen molar-refractivity contribution in [1.29, 1.82) is 0 Å². The van der Waals surface area contributed by atoms with Gasteiger partial charge in [0, 0.05) is 31.1 Å². The van der Waals surface area contributed by atoms with Crippen molar-refractivity contribution in [1.82, 2.24) is 10.2 Å². The molecular formula is C13H24N2OS. The lowest BCUT2D eigenvalue weighted by atomic mass is 10.2. The number of nitrogens with zero attached hydrogens (tertiary/aromatic N) is 1. The molecule has 1 saturated heterocycles. The lowest BCUT2D eigenvalue weighted by Gasteiger charge is -2.20. The second-order valence-electron chi connectivity index (χ2n) is 4.34. The molecule has 98 valence electrons. The SMILES string of the molecule is C=CCSCCNCC(=O)N1CCCCCC1. The summed E-state index contributed by atoms with van der Waals surface area (Å²) in [5.74, 6) is 2.29. The summed E-state index contributed by atoms with van der Waals surface area (Å²) in [6.45, 7) is 6.97. The lowest BCUT2D eigenvalue weighted by Crippen LogP contribution is -2.39. The summed E-state index contributed by atoms with van der Waals surface area (Å²) in [6, 6.07) is 0. The molecule has 0 aromatic rings. The average molecular weight is 256 g/mol. The van der Waals surface area contributed by atoms with Crippen LogP contribution in [-0.4, -0.2) is 48.5 Å². The zero-order chi connectivity index (χ0) is 12.3. The van der Waals surface area contributed by atoms with Gasteiger partial charge in [-0.2, -0.15) is 11.8 Å². The minimum atomic E-state index is 0.264. The number of nitrogens with one attached hydrogen (secondary N) is 1. The summed E-state index contributed by atoms with van der Waals surface area (Å²) in [5, 5.41) is 3.22. The van der Waals surface area contributed by atoms with E-state index in [-0.39, 0.29) is 5.91 Å². The largest absolute Gasteiger partial charge is 0.342 e. The number of amides is 1. The van der Waals surface area contributed by atoms with Crippen molar-refractivity contribution in [3.63, 3.8) is 0 Å². The third-order valence-corrected chi connectivity index (χ3v) is 3.86. The fraction of sp³-hybridized carbons (Fsp3) is 0.769. The van der Waals surface area contributed by atoms with Crippen LogP contribution < -0.4 is 5.32 Å². The second-order valence-corrected chi connectivity index (χ2v) is 5.49. The van der Waals surface area contributed by atoms with Gasteiger partial charge >= 0.3 is 0 Å². The molecule has 0 aliphatic carbocycles. The maximum atomic E-state index is 11.9. The highest BCUT2D eigenvalue weighted by atomic mass is 32.2. The highest BCUT2D eigenvalue weighted by molar-refractivity contribution is 7.99. The first kappa shape index (κ1) is 14.6. The molecule has 0 aromatic heterocycles. The van der Waals surface area contributed by atoms with E-state index in [1.54, 1.807) is 0 Å². The Morgan fingerprint density at radius 1 is 1.29 bits per heavy atom. The smallest absolute Gasteiger partial charge is 0.236 e. The molecule has 1 N–H and O–H groups in total. The number of likely N-dealkylation sites (tertiary alicyclic amines) is 1. The molecule has 1 aliphatic heterocycles. The van der Waals surface area contributed by atoms with Crippen molar-refractivity contribution in [2.75, 3.05) is 37.7 Å². The second kappa shape index (κ2) is 9.54.